The maximum absolute atomic E-state index is 10.7. The van der Waals surface area contributed by atoms with Crippen molar-refractivity contribution < 1.29 is 4.79 Å². The molecule has 76 valence electrons. The summed E-state index contributed by atoms with van der Waals surface area (Å²) in [6.45, 7) is 1.88. The molecule has 0 aliphatic rings. The van der Waals surface area contributed by atoms with Gasteiger partial charge in [0.25, 0.3) is 0 Å². The van der Waals surface area contributed by atoms with Gasteiger partial charge in [0.15, 0.2) is 6.29 Å². The number of hydrogen-bond donors (Lipinski definition) is 0. The molecule has 0 aliphatic heterocycles. The van der Waals surface area contributed by atoms with Gasteiger partial charge in [0.2, 0.25) is 0 Å². The second-order valence-corrected chi connectivity index (χ2v) is 4.67. The van der Waals surface area contributed by atoms with Gasteiger partial charge >= 0.3 is 0 Å². The maximum Gasteiger partial charge on any atom is 0.169 e. The predicted octanol–water partition coefficient (Wildman–Crippen LogP) is 3.58. The standard InChI is InChI=1S/C11H8ClNOS/c1-7-10(6-14)13-11(15-7)8-4-2-3-5-9(8)12/h2-6H,1H3. The zero-order chi connectivity index (χ0) is 10.8. The number of carbonyl (C=O) groups is 1. The monoisotopic (exact) mass is 237 g/mol. The van der Waals surface area contributed by atoms with Crippen LogP contribution >= 0.6 is 22.9 Å². The Kier molecular flexibility index (Phi) is 2.84. The molecule has 0 saturated carbocycles. The minimum atomic E-state index is 0.495. The van der Waals surface area contributed by atoms with Crippen LogP contribution in [0.2, 0.25) is 5.02 Å². The first kappa shape index (κ1) is 10.3. The van der Waals surface area contributed by atoms with Crippen LogP contribution in [0.3, 0.4) is 0 Å². The lowest BCUT2D eigenvalue weighted by atomic mass is 10.2. The van der Waals surface area contributed by atoms with Crippen LogP contribution < -0.4 is 0 Å². The zero-order valence-electron chi connectivity index (χ0n) is 8.03. The summed E-state index contributed by atoms with van der Waals surface area (Å²) >= 11 is 7.52. The Balaban J connectivity index is 2.55. The number of halogens is 1. The molecule has 0 saturated heterocycles. The highest BCUT2D eigenvalue weighted by atomic mass is 35.5. The molecule has 1 aromatic carbocycles. The fraction of sp³-hybridized carbons (Fsp3) is 0.0909. The van der Waals surface area contributed by atoms with Crippen molar-refractivity contribution in [3.63, 3.8) is 0 Å². The maximum atomic E-state index is 10.7. The lowest BCUT2D eigenvalue weighted by Gasteiger charge is -1.97. The average molecular weight is 238 g/mol. The predicted molar refractivity (Wildman–Crippen MR) is 62.7 cm³/mol. The van der Waals surface area contributed by atoms with Crippen molar-refractivity contribution in [1.29, 1.82) is 0 Å². The molecule has 1 heterocycles. The van der Waals surface area contributed by atoms with E-state index in [1.165, 1.54) is 11.3 Å². The first-order chi connectivity index (χ1) is 7.22. The molecule has 1 aromatic heterocycles. The minimum Gasteiger partial charge on any atom is -0.296 e. The van der Waals surface area contributed by atoms with Gasteiger partial charge in [-0.2, -0.15) is 0 Å². The molecule has 0 atom stereocenters. The van der Waals surface area contributed by atoms with Gasteiger partial charge in [-0.25, -0.2) is 4.98 Å². The number of benzene rings is 1. The fourth-order valence-electron chi connectivity index (χ4n) is 1.27. The molecular formula is C11H8ClNOS. The van der Waals surface area contributed by atoms with E-state index < -0.39 is 0 Å². The molecule has 4 heteroatoms. The zero-order valence-corrected chi connectivity index (χ0v) is 9.60. The Morgan fingerprint density at radius 3 is 2.73 bits per heavy atom. The lowest BCUT2D eigenvalue weighted by molar-refractivity contribution is 0.111. The molecule has 2 aromatic rings. The minimum absolute atomic E-state index is 0.495. The quantitative estimate of drug-likeness (QED) is 0.748. The van der Waals surface area contributed by atoms with Crippen molar-refractivity contribution in [2.45, 2.75) is 6.92 Å². The lowest BCUT2D eigenvalue weighted by Crippen LogP contribution is -1.82. The Hall–Kier alpha value is -1.19. The molecule has 15 heavy (non-hydrogen) atoms. The van der Waals surface area contributed by atoms with Crippen molar-refractivity contribution in [2.75, 3.05) is 0 Å². The highest BCUT2D eigenvalue weighted by molar-refractivity contribution is 7.15. The molecule has 0 bridgehead atoms. The normalized spacial score (nSPS) is 10.3. The number of rotatable bonds is 2. The van der Waals surface area contributed by atoms with E-state index in [0.29, 0.717) is 10.7 Å². The summed E-state index contributed by atoms with van der Waals surface area (Å²) < 4.78 is 0. The summed E-state index contributed by atoms with van der Waals surface area (Å²) in [5, 5.41) is 1.45. The Morgan fingerprint density at radius 2 is 2.13 bits per heavy atom. The Morgan fingerprint density at radius 1 is 1.40 bits per heavy atom. The fourth-order valence-corrected chi connectivity index (χ4v) is 2.47. The van der Waals surface area contributed by atoms with E-state index in [0.717, 1.165) is 21.7 Å². The molecule has 0 radical (unpaired) electrons. The van der Waals surface area contributed by atoms with Crippen LogP contribution in [0.15, 0.2) is 24.3 Å². The van der Waals surface area contributed by atoms with Gasteiger partial charge < -0.3 is 0 Å². The average Bonchev–Trinajstić information content (AvgIpc) is 2.60. The molecule has 2 nitrogen and oxygen atoms in total. The van der Waals surface area contributed by atoms with E-state index in [1.807, 2.05) is 31.2 Å². The highest BCUT2D eigenvalue weighted by Gasteiger charge is 2.10. The number of nitrogens with zero attached hydrogens (tertiary/aromatic N) is 1. The van der Waals surface area contributed by atoms with Crippen LogP contribution in [0.25, 0.3) is 10.6 Å². The van der Waals surface area contributed by atoms with Crippen molar-refractivity contribution >= 4 is 29.2 Å². The molecule has 0 amide bonds. The first-order valence-corrected chi connectivity index (χ1v) is 5.59. The van der Waals surface area contributed by atoms with Crippen molar-refractivity contribution in [3.05, 3.63) is 39.9 Å². The van der Waals surface area contributed by atoms with Gasteiger partial charge in [0.05, 0.1) is 5.02 Å². The van der Waals surface area contributed by atoms with Gasteiger partial charge in [-0.1, -0.05) is 29.8 Å². The molecule has 2 rings (SSSR count). The SMILES string of the molecule is Cc1sc(-c2ccccc2Cl)nc1C=O. The summed E-state index contributed by atoms with van der Waals surface area (Å²) in [6.07, 6.45) is 0.770. The van der Waals surface area contributed by atoms with Crippen molar-refractivity contribution in [3.8, 4) is 10.6 Å². The molecule has 0 N–H and O–H groups in total. The molecule has 0 spiro atoms. The van der Waals surface area contributed by atoms with Crippen LogP contribution in [0.5, 0.6) is 0 Å². The van der Waals surface area contributed by atoms with E-state index >= 15 is 0 Å². The summed E-state index contributed by atoms with van der Waals surface area (Å²) in [6, 6.07) is 7.48. The van der Waals surface area contributed by atoms with Gasteiger partial charge in [0, 0.05) is 10.4 Å². The second kappa shape index (κ2) is 4.13. The summed E-state index contributed by atoms with van der Waals surface area (Å²) in [5.41, 5.74) is 1.37. The summed E-state index contributed by atoms with van der Waals surface area (Å²) in [4.78, 5) is 15.8. The third-order valence-corrected chi connectivity index (χ3v) is 3.40. The van der Waals surface area contributed by atoms with Crippen LogP contribution in [-0.2, 0) is 0 Å². The molecular weight excluding hydrogens is 230 g/mol. The van der Waals surface area contributed by atoms with Crippen LogP contribution in [0, 0.1) is 6.92 Å². The highest BCUT2D eigenvalue weighted by Crippen LogP contribution is 2.31. The van der Waals surface area contributed by atoms with Gasteiger partial charge in [-0.05, 0) is 13.0 Å². The van der Waals surface area contributed by atoms with Crippen LogP contribution in [0.4, 0.5) is 0 Å². The number of hydrogen-bond acceptors (Lipinski definition) is 3. The van der Waals surface area contributed by atoms with Crippen molar-refractivity contribution in [1.82, 2.24) is 4.98 Å². The summed E-state index contributed by atoms with van der Waals surface area (Å²) in [5.74, 6) is 0. The third-order valence-electron chi connectivity index (χ3n) is 2.05. The summed E-state index contributed by atoms with van der Waals surface area (Å²) in [7, 11) is 0. The molecule has 0 unspecified atom stereocenters. The van der Waals surface area contributed by atoms with Gasteiger partial charge in [0.1, 0.15) is 10.7 Å². The van der Waals surface area contributed by atoms with Gasteiger partial charge in [-0.3, -0.25) is 4.79 Å². The van der Waals surface area contributed by atoms with Crippen LogP contribution in [0.1, 0.15) is 15.4 Å². The number of carbonyl (C=O) groups excluding carboxylic acids is 1. The Labute approximate surface area is 96.5 Å². The molecule has 0 aliphatic carbocycles. The first-order valence-electron chi connectivity index (χ1n) is 4.40. The number of aryl methyl sites for hydroxylation is 1. The van der Waals surface area contributed by atoms with E-state index in [4.69, 9.17) is 11.6 Å². The van der Waals surface area contributed by atoms with E-state index in [1.54, 1.807) is 0 Å². The Bertz CT molecular complexity index is 507. The number of thiazole rings is 1. The van der Waals surface area contributed by atoms with Gasteiger partial charge in [-0.15, -0.1) is 11.3 Å². The van der Waals surface area contributed by atoms with E-state index in [2.05, 4.69) is 4.98 Å². The third kappa shape index (κ3) is 1.94. The van der Waals surface area contributed by atoms with E-state index in [-0.39, 0.29) is 0 Å². The number of aromatic nitrogens is 1. The molecule has 0 fully saturated rings. The smallest absolute Gasteiger partial charge is 0.169 e. The largest absolute Gasteiger partial charge is 0.296 e. The van der Waals surface area contributed by atoms with Crippen molar-refractivity contribution in [2.24, 2.45) is 0 Å². The van der Waals surface area contributed by atoms with E-state index in [9.17, 15) is 4.79 Å². The second-order valence-electron chi connectivity index (χ2n) is 3.06. The number of aldehydes is 1. The topological polar surface area (TPSA) is 30.0 Å². The van der Waals surface area contributed by atoms with Crippen LogP contribution in [-0.4, -0.2) is 11.3 Å².